The van der Waals surface area contributed by atoms with Gasteiger partial charge in [0.25, 0.3) is 5.91 Å². The van der Waals surface area contributed by atoms with Gasteiger partial charge < -0.3 is 11.1 Å². The lowest BCUT2D eigenvalue weighted by Gasteiger charge is -2.22. The lowest BCUT2D eigenvalue weighted by atomic mass is 10.1. The van der Waals surface area contributed by atoms with E-state index in [1.54, 1.807) is 6.07 Å². The lowest BCUT2D eigenvalue weighted by Crippen LogP contribution is -2.39. The SMILES string of the molecule is NCC#Cc1ccc(C(=O)NC2CCS(=O)CC2)c(F)c1. The van der Waals surface area contributed by atoms with Gasteiger partial charge in [-0.3, -0.25) is 9.00 Å². The highest BCUT2D eigenvalue weighted by Gasteiger charge is 2.21. The van der Waals surface area contributed by atoms with Gasteiger partial charge in [-0.05, 0) is 31.0 Å². The standard InChI is InChI=1S/C15H17FN2O2S/c16-14-10-11(2-1-7-17)3-4-13(14)15(19)18-12-5-8-21(20)9-6-12/h3-4,10,12H,5-9,17H2,(H,18,19). The van der Waals surface area contributed by atoms with Crippen molar-refractivity contribution in [1.29, 1.82) is 0 Å². The summed E-state index contributed by atoms with van der Waals surface area (Å²) in [6.07, 6.45) is 1.33. The Morgan fingerprint density at radius 2 is 2.14 bits per heavy atom. The molecule has 1 aromatic carbocycles. The fourth-order valence-electron chi connectivity index (χ4n) is 2.13. The molecule has 3 N–H and O–H groups in total. The second-order valence-electron chi connectivity index (χ2n) is 4.80. The molecule has 0 radical (unpaired) electrons. The van der Waals surface area contributed by atoms with E-state index in [4.69, 9.17) is 5.73 Å². The topological polar surface area (TPSA) is 72.2 Å². The molecule has 0 atom stereocenters. The average Bonchev–Trinajstić information content (AvgIpc) is 2.47. The molecule has 1 heterocycles. The van der Waals surface area contributed by atoms with Gasteiger partial charge in [-0.25, -0.2) is 4.39 Å². The van der Waals surface area contributed by atoms with Gasteiger partial charge in [0.05, 0.1) is 12.1 Å². The molecule has 0 saturated carbocycles. The van der Waals surface area contributed by atoms with Crippen LogP contribution in [0.5, 0.6) is 0 Å². The highest BCUT2D eigenvalue weighted by molar-refractivity contribution is 7.85. The Balaban J connectivity index is 2.04. The van der Waals surface area contributed by atoms with Crippen LogP contribution in [0.4, 0.5) is 4.39 Å². The number of carbonyl (C=O) groups excluding carboxylic acids is 1. The zero-order valence-electron chi connectivity index (χ0n) is 11.5. The molecule has 1 amide bonds. The number of carbonyl (C=O) groups is 1. The van der Waals surface area contributed by atoms with Crippen molar-refractivity contribution >= 4 is 16.7 Å². The first-order valence-electron chi connectivity index (χ1n) is 6.74. The fraction of sp³-hybridized carbons (Fsp3) is 0.400. The normalized spacial score (nSPS) is 21.2. The Labute approximate surface area is 125 Å². The molecule has 112 valence electrons. The summed E-state index contributed by atoms with van der Waals surface area (Å²) in [5, 5.41) is 2.79. The first kappa shape index (κ1) is 15.7. The minimum absolute atomic E-state index is 0.00000520. The minimum Gasteiger partial charge on any atom is -0.349 e. The molecule has 4 nitrogen and oxygen atoms in total. The summed E-state index contributed by atoms with van der Waals surface area (Å²) in [6.45, 7) is 0.201. The van der Waals surface area contributed by atoms with Crippen molar-refractivity contribution in [2.24, 2.45) is 5.73 Å². The molecule has 6 heteroatoms. The van der Waals surface area contributed by atoms with Crippen LogP contribution in [-0.2, 0) is 10.8 Å². The molecular formula is C15H17FN2O2S. The summed E-state index contributed by atoms with van der Waals surface area (Å²) in [4.78, 5) is 12.1. The predicted octanol–water partition coefficient (Wildman–Crippen LogP) is 0.777. The third-order valence-corrected chi connectivity index (χ3v) is 4.65. The van der Waals surface area contributed by atoms with Gasteiger partial charge in [-0.15, -0.1) is 0 Å². The van der Waals surface area contributed by atoms with Gasteiger partial charge in [-0.1, -0.05) is 11.8 Å². The Hall–Kier alpha value is -1.71. The number of hydrogen-bond acceptors (Lipinski definition) is 3. The zero-order valence-corrected chi connectivity index (χ0v) is 12.3. The van der Waals surface area contributed by atoms with Crippen molar-refractivity contribution in [2.75, 3.05) is 18.1 Å². The lowest BCUT2D eigenvalue weighted by molar-refractivity contribution is 0.0930. The summed E-state index contributed by atoms with van der Waals surface area (Å²) < 4.78 is 25.2. The maximum atomic E-state index is 13.9. The molecule has 1 fully saturated rings. The number of amides is 1. The Kier molecular flexibility index (Phi) is 5.48. The Bertz CT molecular complexity index is 612. The molecule has 1 saturated heterocycles. The van der Waals surface area contributed by atoms with E-state index in [0.29, 0.717) is 29.9 Å². The van der Waals surface area contributed by atoms with Crippen LogP contribution in [0.2, 0.25) is 0 Å². The van der Waals surface area contributed by atoms with E-state index in [9.17, 15) is 13.4 Å². The summed E-state index contributed by atoms with van der Waals surface area (Å²) in [5.74, 6) is 5.48. The van der Waals surface area contributed by atoms with Gasteiger partial charge in [0.15, 0.2) is 0 Å². The van der Waals surface area contributed by atoms with E-state index < -0.39 is 22.5 Å². The van der Waals surface area contributed by atoms with E-state index in [0.717, 1.165) is 0 Å². The third kappa shape index (κ3) is 4.38. The smallest absolute Gasteiger partial charge is 0.254 e. The zero-order chi connectivity index (χ0) is 15.2. The molecular weight excluding hydrogens is 291 g/mol. The first-order valence-corrected chi connectivity index (χ1v) is 8.23. The highest BCUT2D eigenvalue weighted by atomic mass is 32.2. The van der Waals surface area contributed by atoms with Crippen LogP contribution in [0.3, 0.4) is 0 Å². The van der Waals surface area contributed by atoms with Crippen molar-refractivity contribution < 1.29 is 13.4 Å². The maximum Gasteiger partial charge on any atom is 0.254 e. The number of rotatable bonds is 2. The number of hydrogen-bond donors (Lipinski definition) is 2. The van der Waals surface area contributed by atoms with Crippen LogP contribution in [0.25, 0.3) is 0 Å². The third-order valence-electron chi connectivity index (χ3n) is 3.27. The van der Waals surface area contributed by atoms with E-state index in [1.807, 2.05) is 0 Å². The van der Waals surface area contributed by atoms with Crippen LogP contribution >= 0.6 is 0 Å². The molecule has 0 aromatic heterocycles. The summed E-state index contributed by atoms with van der Waals surface area (Å²) in [5.41, 5.74) is 5.74. The Morgan fingerprint density at radius 1 is 1.43 bits per heavy atom. The van der Waals surface area contributed by atoms with Crippen molar-refractivity contribution in [1.82, 2.24) is 5.32 Å². The van der Waals surface area contributed by atoms with Gasteiger partial charge in [0.2, 0.25) is 0 Å². The number of benzene rings is 1. The maximum absolute atomic E-state index is 13.9. The van der Waals surface area contributed by atoms with Crippen molar-refractivity contribution in [3.8, 4) is 11.8 Å². The molecule has 2 rings (SSSR count). The number of halogens is 1. The predicted molar refractivity (Wildman–Crippen MR) is 80.7 cm³/mol. The van der Waals surface area contributed by atoms with Crippen molar-refractivity contribution in [3.05, 3.63) is 35.1 Å². The van der Waals surface area contributed by atoms with Crippen LogP contribution in [0.15, 0.2) is 18.2 Å². The van der Waals surface area contributed by atoms with Gasteiger partial charge in [0.1, 0.15) is 5.82 Å². The van der Waals surface area contributed by atoms with Gasteiger partial charge in [0, 0.05) is 33.9 Å². The Morgan fingerprint density at radius 3 is 2.76 bits per heavy atom. The second-order valence-corrected chi connectivity index (χ2v) is 6.49. The van der Waals surface area contributed by atoms with Crippen LogP contribution in [0, 0.1) is 17.7 Å². The highest BCUT2D eigenvalue weighted by Crippen LogP contribution is 2.13. The first-order chi connectivity index (χ1) is 10.1. The molecule has 0 aliphatic carbocycles. The molecule has 0 unspecified atom stereocenters. The molecule has 1 aromatic rings. The van der Waals surface area contributed by atoms with Crippen LogP contribution in [-0.4, -0.2) is 34.2 Å². The van der Waals surface area contributed by atoms with Gasteiger partial charge >= 0.3 is 0 Å². The van der Waals surface area contributed by atoms with E-state index >= 15 is 0 Å². The number of nitrogens with two attached hydrogens (primary N) is 1. The number of nitrogens with one attached hydrogen (secondary N) is 1. The molecule has 0 spiro atoms. The fourth-order valence-corrected chi connectivity index (χ4v) is 3.43. The summed E-state index contributed by atoms with van der Waals surface area (Å²) >= 11 is 0. The van der Waals surface area contributed by atoms with Gasteiger partial charge in [-0.2, -0.15) is 0 Å². The quantitative estimate of drug-likeness (QED) is 0.793. The monoisotopic (exact) mass is 308 g/mol. The molecule has 0 bridgehead atoms. The largest absolute Gasteiger partial charge is 0.349 e. The summed E-state index contributed by atoms with van der Waals surface area (Å²) in [6, 6.07) is 4.21. The average molecular weight is 308 g/mol. The minimum atomic E-state index is -0.782. The van der Waals surface area contributed by atoms with Crippen molar-refractivity contribution in [3.63, 3.8) is 0 Å². The molecule has 1 aliphatic heterocycles. The van der Waals surface area contributed by atoms with Crippen molar-refractivity contribution in [2.45, 2.75) is 18.9 Å². The van der Waals surface area contributed by atoms with E-state index in [-0.39, 0.29) is 18.2 Å². The molecule has 1 aliphatic rings. The molecule has 21 heavy (non-hydrogen) atoms. The second kappa shape index (κ2) is 7.34. The van der Waals surface area contributed by atoms with E-state index in [2.05, 4.69) is 17.2 Å². The van der Waals surface area contributed by atoms with E-state index in [1.165, 1.54) is 12.1 Å². The van der Waals surface area contributed by atoms with Crippen LogP contribution < -0.4 is 11.1 Å². The summed E-state index contributed by atoms with van der Waals surface area (Å²) in [7, 11) is -0.782. The van der Waals surface area contributed by atoms with Crippen LogP contribution in [0.1, 0.15) is 28.8 Å².